The number of nitrogens with zero attached hydrogens (tertiary/aromatic N) is 1. The third-order valence-electron chi connectivity index (χ3n) is 3.92. The second kappa shape index (κ2) is 7.92. The minimum atomic E-state index is -3.47. The number of sulfone groups is 1. The first-order chi connectivity index (χ1) is 13.7. The van der Waals surface area contributed by atoms with Gasteiger partial charge in [-0.1, -0.05) is 13.0 Å². The lowest BCUT2D eigenvalue weighted by Gasteiger charge is -2.15. The Bertz CT molecular complexity index is 1130. The quantitative estimate of drug-likeness (QED) is 0.580. The van der Waals surface area contributed by atoms with E-state index in [1.165, 1.54) is 43.5 Å². The molecule has 4 N–H and O–H groups in total. The maximum atomic E-state index is 13.9. The molecule has 0 unspecified atom stereocenters. The largest absolute Gasteiger partial charge is 0.452 e. The third kappa shape index (κ3) is 4.37. The van der Waals surface area contributed by atoms with E-state index in [4.69, 9.17) is 20.9 Å². The van der Waals surface area contributed by atoms with Crippen LogP contribution in [-0.4, -0.2) is 19.2 Å². The highest BCUT2D eigenvalue weighted by Gasteiger charge is 2.18. The predicted molar refractivity (Wildman–Crippen MR) is 104 cm³/mol. The first kappa shape index (κ1) is 20.3. The van der Waals surface area contributed by atoms with Gasteiger partial charge in [-0.2, -0.15) is 0 Å². The average molecular weight is 421 g/mol. The molecule has 0 aliphatic rings. The molecule has 0 atom stereocenters. The van der Waals surface area contributed by atoms with Crippen LogP contribution in [0, 0.1) is 11.6 Å². The molecule has 0 aliphatic carbocycles. The van der Waals surface area contributed by atoms with Crippen molar-refractivity contribution in [3.63, 3.8) is 0 Å². The number of pyridine rings is 1. The zero-order valence-corrected chi connectivity index (χ0v) is 16.0. The lowest BCUT2D eigenvalue weighted by atomic mass is 10.2. The highest BCUT2D eigenvalue weighted by Crippen LogP contribution is 2.40. The molecule has 3 aromatic rings. The van der Waals surface area contributed by atoms with Gasteiger partial charge >= 0.3 is 0 Å². The summed E-state index contributed by atoms with van der Waals surface area (Å²) in [6, 6.07) is 8.53. The second-order valence-electron chi connectivity index (χ2n) is 5.92. The van der Waals surface area contributed by atoms with Gasteiger partial charge in [-0.05, 0) is 24.3 Å². The number of rotatable bonds is 6. The minimum Gasteiger partial charge on any atom is -0.452 e. The maximum Gasteiger partial charge on any atom is 0.198 e. The van der Waals surface area contributed by atoms with Crippen molar-refractivity contribution in [2.75, 3.05) is 17.2 Å². The van der Waals surface area contributed by atoms with E-state index in [9.17, 15) is 17.2 Å². The summed E-state index contributed by atoms with van der Waals surface area (Å²) in [5.41, 5.74) is 11.8. The van der Waals surface area contributed by atoms with Crippen LogP contribution in [0.15, 0.2) is 53.7 Å². The number of aromatic nitrogens is 1. The average Bonchev–Trinajstić information content (AvgIpc) is 2.69. The summed E-state index contributed by atoms with van der Waals surface area (Å²) in [4.78, 5) is 3.87. The molecule has 0 fully saturated rings. The fraction of sp³-hybridized carbons (Fsp3) is 0.105. The highest BCUT2D eigenvalue weighted by atomic mass is 32.2. The Hall–Kier alpha value is -3.40. The van der Waals surface area contributed by atoms with Gasteiger partial charge in [0.25, 0.3) is 0 Å². The fourth-order valence-electron chi connectivity index (χ4n) is 2.33. The standard InChI is InChI=1S/C19H17F2N3O4S/c1-2-29(25,26)18-7-6-11(10-24-18)27-16-8-14(22)15(23)9-17(16)28-19-12(20)4-3-5-13(19)21/h3-10H,2,22-23H2,1H3. The zero-order chi connectivity index (χ0) is 21.2. The number of anilines is 2. The summed E-state index contributed by atoms with van der Waals surface area (Å²) in [6.45, 7) is 1.50. The molecule has 2 aromatic carbocycles. The van der Waals surface area contributed by atoms with E-state index in [1.807, 2.05) is 0 Å². The van der Waals surface area contributed by atoms with Crippen molar-refractivity contribution in [1.82, 2.24) is 4.98 Å². The molecule has 3 rings (SSSR count). The van der Waals surface area contributed by atoms with E-state index in [2.05, 4.69) is 4.98 Å². The van der Waals surface area contributed by atoms with E-state index >= 15 is 0 Å². The van der Waals surface area contributed by atoms with Gasteiger partial charge in [-0.25, -0.2) is 22.2 Å². The topological polar surface area (TPSA) is 118 Å². The van der Waals surface area contributed by atoms with Crippen LogP contribution in [0.25, 0.3) is 0 Å². The number of nitrogen functional groups attached to an aromatic ring is 2. The van der Waals surface area contributed by atoms with E-state index < -0.39 is 27.2 Å². The maximum absolute atomic E-state index is 13.9. The Morgan fingerprint density at radius 1 is 0.966 bits per heavy atom. The number of hydrogen-bond acceptors (Lipinski definition) is 7. The van der Waals surface area contributed by atoms with Gasteiger partial charge in [-0.15, -0.1) is 0 Å². The first-order valence-corrected chi connectivity index (χ1v) is 10.0. The number of para-hydroxylation sites is 1. The van der Waals surface area contributed by atoms with Gasteiger partial charge in [0.1, 0.15) is 5.75 Å². The summed E-state index contributed by atoms with van der Waals surface area (Å²) in [6.07, 6.45) is 1.20. The molecule has 1 heterocycles. The van der Waals surface area contributed by atoms with Crippen LogP contribution in [0.3, 0.4) is 0 Å². The van der Waals surface area contributed by atoms with Crippen LogP contribution >= 0.6 is 0 Å². The first-order valence-electron chi connectivity index (χ1n) is 8.38. The number of hydrogen-bond donors (Lipinski definition) is 2. The molecule has 152 valence electrons. The van der Waals surface area contributed by atoms with Gasteiger partial charge in [0.05, 0.1) is 23.3 Å². The van der Waals surface area contributed by atoms with Gasteiger partial charge in [0.2, 0.25) is 0 Å². The molecule has 29 heavy (non-hydrogen) atoms. The highest BCUT2D eigenvalue weighted by molar-refractivity contribution is 7.91. The van der Waals surface area contributed by atoms with Crippen molar-refractivity contribution in [2.45, 2.75) is 11.9 Å². The van der Waals surface area contributed by atoms with Crippen LogP contribution in [0.1, 0.15) is 6.92 Å². The molecule has 0 amide bonds. The molecule has 0 saturated heterocycles. The lowest BCUT2D eigenvalue weighted by molar-refractivity contribution is 0.381. The monoisotopic (exact) mass is 421 g/mol. The van der Waals surface area contributed by atoms with E-state index in [0.29, 0.717) is 0 Å². The Balaban J connectivity index is 1.96. The number of benzene rings is 2. The van der Waals surface area contributed by atoms with Crippen molar-refractivity contribution >= 4 is 21.2 Å². The van der Waals surface area contributed by atoms with Crippen LogP contribution in [0.2, 0.25) is 0 Å². The summed E-state index contributed by atoms with van der Waals surface area (Å²) >= 11 is 0. The van der Waals surface area contributed by atoms with Crippen LogP contribution in [-0.2, 0) is 9.84 Å². The fourth-order valence-corrected chi connectivity index (χ4v) is 3.11. The summed E-state index contributed by atoms with van der Waals surface area (Å²) in [5, 5.41) is -0.103. The zero-order valence-electron chi connectivity index (χ0n) is 15.2. The van der Waals surface area contributed by atoms with E-state index in [-0.39, 0.29) is 39.4 Å². The Labute approximate surface area is 165 Å². The van der Waals surface area contributed by atoms with Gasteiger partial charge in [-0.3, -0.25) is 0 Å². The number of nitrogens with two attached hydrogens (primary N) is 2. The second-order valence-corrected chi connectivity index (χ2v) is 8.14. The van der Waals surface area contributed by atoms with Crippen LogP contribution < -0.4 is 20.9 Å². The number of ether oxygens (including phenoxy) is 2. The molecule has 0 aliphatic heterocycles. The molecule has 0 bridgehead atoms. The molecule has 0 saturated carbocycles. The van der Waals surface area contributed by atoms with Crippen molar-refractivity contribution in [3.8, 4) is 23.0 Å². The molecule has 1 aromatic heterocycles. The van der Waals surface area contributed by atoms with Crippen molar-refractivity contribution < 1.29 is 26.7 Å². The number of halogens is 2. The molecule has 10 heteroatoms. The Morgan fingerprint density at radius 2 is 1.55 bits per heavy atom. The van der Waals surface area contributed by atoms with Crippen LogP contribution in [0.4, 0.5) is 20.2 Å². The smallest absolute Gasteiger partial charge is 0.198 e. The third-order valence-corrected chi connectivity index (χ3v) is 5.55. The van der Waals surface area contributed by atoms with Gasteiger partial charge < -0.3 is 20.9 Å². The van der Waals surface area contributed by atoms with Gasteiger partial charge in [0, 0.05) is 12.1 Å². The Morgan fingerprint density at radius 3 is 2.07 bits per heavy atom. The summed E-state index contributed by atoms with van der Waals surface area (Å²) < 4.78 is 62.6. The molecular weight excluding hydrogens is 404 g/mol. The molecule has 7 nitrogen and oxygen atoms in total. The minimum absolute atomic E-state index is 0.00671. The summed E-state index contributed by atoms with van der Waals surface area (Å²) in [5.74, 6) is -2.49. The predicted octanol–water partition coefficient (Wildman–Crippen LogP) is 3.90. The normalized spacial score (nSPS) is 11.3. The lowest BCUT2D eigenvalue weighted by Crippen LogP contribution is -2.05. The van der Waals surface area contributed by atoms with Crippen molar-refractivity contribution in [2.24, 2.45) is 0 Å². The molecular formula is C19H17F2N3O4S. The van der Waals surface area contributed by atoms with Crippen LogP contribution in [0.5, 0.6) is 23.0 Å². The SMILES string of the molecule is CCS(=O)(=O)c1ccc(Oc2cc(N)c(N)cc2Oc2c(F)cccc2F)cn1. The Kier molecular flexibility index (Phi) is 5.55. The molecule has 0 spiro atoms. The molecule has 0 radical (unpaired) electrons. The van der Waals surface area contributed by atoms with E-state index in [1.54, 1.807) is 0 Å². The summed E-state index contributed by atoms with van der Waals surface area (Å²) in [7, 11) is -3.47. The van der Waals surface area contributed by atoms with Crippen molar-refractivity contribution in [3.05, 3.63) is 60.3 Å². The van der Waals surface area contributed by atoms with Crippen molar-refractivity contribution in [1.29, 1.82) is 0 Å². The van der Waals surface area contributed by atoms with E-state index in [0.717, 1.165) is 12.1 Å². The van der Waals surface area contributed by atoms with Gasteiger partial charge in [0.15, 0.2) is 43.7 Å².